The molecule has 0 radical (unpaired) electrons. The zero-order valence-corrected chi connectivity index (χ0v) is 12.1. The lowest BCUT2D eigenvalue weighted by atomic mass is 10.2. The van der Waals surface area contributed by atoms with Crippen molar-refractivity contribution in [3.05, 3.63) is 36.8 Å². The SMILES string of the molecule is C=C/C=N/C=C\N(C)/C=C(\CC)CNC/C(N)=N\C. The second kappa shape index (κ2) is 11.2. The van der Waals surface area contributed by atoms with E-state index in [1.54, 1.807) is 25.5 Å². The summed E-state index contributed by atoms with van der Waals surface area (Å²) < 4.78 is 0. The fourth-order valence-corrected chi connectivity index (χ4v) is 1.28. The Balaban J connectivity index is 4.25. The topological polar surface area (TPSA) is 66.0 Å². The minimum Gasteiger partial charge on any atom is -0.386 e. The molecule has 0 atom stereocenters. The lowest BCUT2D eigenvalue weighted by Crippen LogP contribution is -2.30. The number of hydrogen-bond donors (Lipinski definition) is 2. The molecule has 0 aromatic carbocycles. The van der Waals surface area contributed by atoms with Gasteiger partial charge in [-0.25, -0.2) is 0 Å². The Morgan fingerprint density at radius 1 is 1.42 bits per heavy atom. The monoisotopic (exact) mass is 263 g/mol. The summed E-state index contributed by atoms with van der Waals surface area (Å²) in [6.45, 7) is 7.08. The zero-order valence-electron chi connectivity index (χ0n) is 12.1. The predicted molar refractivity (Wildman–Crippen MR) is 84.4 cm³/mol. The molecule has 19 heavy (non-hydrogen) atoms. The van der Waals surface area contributed by atoms with E-state index in [0.717, 1.165) is 13.0 Å². The van der Waals surface area contributed by atoms with Crippen molar-refractivity contribution in [3.63, 3.8) is 0 Å². The van der Waals surface area contributed by atoms with Gasteiger partial charge in [0.15, 0.2) is 0 Å². The van der Waals surface area contributed by atoms with Crippen molar-refractivity contribution >= 4 is 12.1 Å². The summed E-state index contributed by atoms with van der Waals surface area (Å²) in [7, 11) is 3.66. The molecule has 0 aromatic rings. The van der Waals surface area contributed by atoms with Crippen LogP contribution < -0.4 is 11.1 Å². The van der Waals surface area contributed by atoms with Gasteiger partial charge in [0.1, 0.15) is 5.84 Å². The van der Waals surface area contributed by atoms with Crippen LogP contribution in [0.3, 0.4) is 0 Å². The first-order chi connectivity index (χ1) is 9.13. The molecule has 0 rings (SSSR count). The smallest absolute Gasteiger partial charge is 0.107 e. The molecule has 0 amide bonds. The molecule has 0 saturated carbocycles. The van der Waals surface area contributed by atoms with Crippen LogP contribution in [0.25, 0.3) is 0 Å². The van der Waals surface area contributed by atoms with Crippen LogP contribution in [0.4, 0.5) is 0 Å². The van der Waals surface area contributed by atoms with Crippen LogP contribution in [0, 0.1) is 0 Å². The Morgan fingerprint density at radius 2 is 2.16 bits per heavy atom. The van der Waals surface area contributed by atoms with Gasteiger partial charge in [-0.1, -0.05) is 19.6 Å². The van der Waals surface area contributed by atoms with E-state index in [4.69, 9.17) is 5.73 Å². The van der Waals surface area contributed by atoms with Crippen LogP contribution in [-0.2, 0) is 0 Å². The maximum absolute atomic E-state index is 5.62. The highest BCUT2D eigenvalue weighted by Gasteiger charge is 1.96. The van der Waals surface area contributed by atoms with E-state index in [1.807, 2.05) is 18.1 Å². The molecular formula is C14H25N5. The van der Waals surface area contributed by atoms with Crippen molar-refractivity contribution in [2.24, 2.45) is 15.7 Å². The number of rotatable bonds is 9. The van der Waals surface area contributed by atoms with Gasteiger partial charge in [0.05, 0.1) is 6.54 Å². The number of hydrogen-bond acceptors (Lipinski definition) is 4. The Bertz CT molecular complexity index is 366. The summed E-state index contributed by atoms with van der Waals surface area (Å²) in [6, 6.07) is 0. The summed E-state index contributed by atoms with van der Waals surface area (Å²) >= 11 is 0. The van der Waals surface area contributed by atoms with Gasteiger partial charge in [0.2, 0.25) is 0 Å². The number of nitrogens with one attached hydrogen (secondary N) is 1. The van der Waals surface area contributed by atoms with E-state index in [2.05, 4.69) is 35.0 Å². The van der Waals surface area contributed by atoms with Crippen LogP contribution in [-0.4, -0.2) is 44.1 Å². The van der Waals surface area contributed by atoms with Crippen LogP contribution in [0.1, 0.15) is 13.3 Å². The maximum atomic E-state index is 5.62. The molecule has 5 heteroatoms. The van der Waals surface area contributed by atoms with E-state index in [9.17, 15) is 0 Å². The van der Waals surface area contributed by atoms with Gasteiger partial charge in [-0.3, -0.25) is 9.98 Å². The molecular weight excluding hydrogens is 238 g/mol. The van der Waals surface area contributed by atoms with Gasteiger partial charge >= 0.3 is 0 Å². The number of allylic oxidation sites excluding steroid dienone is 1. The standard InChI is InChI=1S/C14H25N5/c1-5-7-17-8-9-19(4)12-13(6-2)10-18-11-14(15)16-3/h5,7-9,12,18H,1,6,10-11H2,2-4H3,(H2,15,16)/b9-8-,13-12+,17-7+. The molecule has 5 nitrogen and oxygen atoms in total. The summed E-state index contributed by atoms with van der Waals surface area (Å²) in [5.41, 5.74) is 6.90. The van der Waals surface area contributed by atoms with Crippen LogP contribution in [0.2, 0.25) is 0 Å². The van der Waals surface area contributed by atoms with Gasteiger partial charge in [0, 0.05) is 45.5 Å². The van der Waals surface area contributed by atoms with E-state index < -0.39 is 0 Å². The largest absolute Gasteiger partial charge is 0.386 e. The Kier molecular flexibility index (Phi) is 10.1. The summed E-state index contributed by atoms with van der Waals surface area (Å²) in [5, 5.41) is 3.25. The van der Waals surface area contributed by atoms with Crippen LogP contribution in [0.15, 0.2) is 46.8 Å². The maximum Gasteiger partial charge on any atom is 0.107 e. The normalized spacial score (nSPS) is 13.4. The molecule has 106 valence electrons. The number of amidine groups is 1. The molecule has 0 saturated heterocycles. The van der Waals surface area contributed by atoms with E-state index in [-0.39, 0.29) is 0 Å². The average Bonchev–Trinajstić information content (AvgIpc) is 2.42. The molecule has 0 aromatic heterocycles. The quantitative estimate of drug-likeness (QED) is 0.489. The Morgan fingerprint density at radius 3 is 2.74 bits per heavy atom. The predicted octanol–water partition coefficient (Wildman–Crippen LogP) is 1.52. The molecule has 0 spiro atoms. The Hall–Kier alpha value is -1.88. The molecule has 3 N–H and O–H groups in total. The van der Waals surface area contributed by atoms with Crippen LogP contribution >= 0.6 is 0 Å². The van der Waals surface area contributed by atoms with Crippen molar-refractivity contribution < 1.29 is 0 Å². The number of nitrogens with two attached hydrogens (primary N) is 1. The number of aliphatic imine (C=N–C) groups is 2. The third-order valence-corrected chi connectivity index (χ3v) is 2.37. The van der Waals surface area contributed by atoms with Gasteiger partial charge in [-0.15, -0.1) is 0 Å². The second-order valence-corrected chi connectivity index (χ2v) is 3.96. The number of nitrogens with zero attached hydrogens (tertiary/aromatic N) is 3. The first kappa shape index (κ1) is 17.1. The minimum atomic E-state index is 0.608. The lowest BCUT2D eigenvalue weighted by molar-refractivity contribution is 0.607. The van der Waals surface area contributed by atoms with Gasteiger partial charge in [-0.2, -0.15) is 0 Å². The average molecular weight is 263 g/mol. The van der Waals surface area contributed by atoms with Gasteiger partial charge in [0.25, 0.3) is 0 Å². The highest BCUT2D eigenvalue weighted by molar-refractivity contribution is 5.82. The van der Waals surface area contributed by atoms with E-state index in [0.29, 0.717) is 12.4 Å². The van der Waals surface area contributed by atoms with Crippen molar-refractivity contribution in [1.82, 2.24) is 10.2 Å². The Labute approximate surface area is 116 Å². The van der Waals surface area contributed by atoms with Crippen LogP contribution in [0.5, 0.6) is 0 Å². The minimum absolute atomic E-state index is 0.608. The fourth-order valence-electron chi connectivity index (χ4n) is 1.28. The highest BCUT2D eigenvalue weighted by atomic mass is 15.1. The third-order valence-electron chi connectivity index (χ3n) is 2.37. The highest BCUT2D eigenvalue weighted by Crippen LogP contribution is 2.01. The van der Waals surface area contributed by atoms with E-state index in [1.165, 1.54) is 5.57 Å². The molecule has 0 fully saturated rings. The lowest BCUT2D eigenvalue weighted by Gasteiger charge is -2.12. The summed E-state index contributed by atoms with van der Waals surface area (Å²) in [6.07, 6.45) is 9.94. The van der Waals surface area contributed by atoms with Crippen molar-refractivity contribution in [2.75, 3.05) is 27.2 Å². The molecule has 0 aliphatic heterocycles. The van der Waals surface area contributed by atoms with Gasteiger partial charge < -0.3 is 16.0 Å². The summed E-state index contributed by atoms with van der Waals surface area (Å²) in [4.78, 5) is 9.88. The molecule has 0 aliphatic rings. The fraction of sp³-hybridized carbons (Fsp3) is 0.429. The van der Waals surface area contributed by atoms with E-state index >= 15 is 0 Å². The summed E-state index contributed by atoms with van der Waals surface area (Å²) in [5.74, 6) is 0.613. The molecule has 0 bridgehead atoms. The van der Waals surface area contributed by atoms with Crippen molar-refractivity contribution in [2.45, 2.75) is 13.3 Å². The second-order valence-electron chi connectivity index (χ2n) is 3.96. The van der Waals surface area contributed by atoms with Crippen molar-refractivity contribution in [3.8, 4) is 0 Å². The third kappa shape index (κ3) is 9.79. The molecule has 0 heterocycles. The first-order valence-electron chi connectivity index (χ1n) is 6.28. The zero-order chi connectivity index (χ0) is 14.5. The molecule has 0 unspecified atom stereocenters. The first-order valence-corrected chi connectivity index (χ1v) is 6.28. The van der Waals surface area contributed by atoms with Crippen molar-refractivity contribution in [1.29, 1.82) is 0 Å². The van der Waals surface area contributed by atoms with Gasteiger partial charge in [-0.05, 0) is 12.0 Å². The molecule has 0 aliphatic carbocycles.